The standard InChI is InChI=1S/C13H11ClN2OS/c1-8-12(9-2-4-10(14)5-3-9)16-11(7-17)6-15-13(16)18-8/h2-6,17H,7H2,1H3. The molecule has 3 rings (SSSR count). The van der Waals surface area contributed by atoms with Crippen molar-refractivity contribution in [2.45, 2.75) is 13.5 Å². The third kappa shape index (κ3) is 1.73. The first-order valence-electron chi connectivity index (χ1n) is 5.53. The van der Waals surface area contributed by atoms with E-state index in [0.29, 0.717) is 0 Å². The van der Waals surface area contributed by atoms with Crippen LogP contribution in [0.5, 0.6) is 0 Å². The van der Waals surface area contributed by atoms with Gasteiger partial charge in [0, 0.05) is 9.90 Å². The Balaban J connectivity index is 2.29. The predicted octanol–water partition coefficient (Wildman–Crippen LogP) is 3.52. The Kier molecular flexibility index (Phi) is 2.86. The molecule has 3 nitrogen and oxygen atoms in total. The van der Waals surface area contributed by atoms with Crippen LogP contribution in [0, 0.1) is 6.92 Å². The SMILES string of the molecule is Cc1sc2ncc(CO)n2c1-c1ccc(Cl)cc1. The van der Waals surface area contributed by atoms with Crippen LogP contribution in [-0.2, 0) is 6.61 Å². The smallest absolute Gasteiger partial charge is 0.194 e. The minimum Gasteiger partial charge on any atom is -0.390 e. The number of rotatable bonds is 2. The molecule has 5 heteroatoms. The molecule has 0 amide bonds. The second kappa shape index (κ2) is 4.39. The van der Waals surface area contributed by atoms with Crippen molar-refractivity contribution in [2.75, 3.05) is 0 Å². The Morgan fingerprint density at radius 3 is 2.72 bits per heavy atom. The number of nitrogens with zero attached hydrogens (tertiary/aromatic N) is 2. The van der Waals surface area contributed by atoms with Gasteiger partial charge in [0.25, 0.3) is 0 Å². The van der Waals surface area contributed by atoms with Crippen molar-refractivity contribution in [1.82, 2.24) is 9.38 Å². The molecule has 0 bridgehead atoms. The van der Waals surface area contributed by atoms with Crippen LogP contribution in [0.25, 0.3) is 16.2 Å². The van der Waals surface area contributed by atoms with E-state index in [9.17, 15) is 5.11 Å². The molecule has 0 aliphatic carbocycles. The Morgan fingerprint density at radius 1 is 1.33 bits per heavy atom. The highest BCUT2D eigenvalue weighted by Gasteiger charge is 2.14. The number of aryl methyl sites for hydroxylation is 1. The summed E-state index contributed by atoms with van der Waals surface area (Å²) in [6.07, 6.45) is 1.71. The predicted molar refractivity (Wildman–Crippen MR) is 74.2 cm³/mol. The van der Waals surface area contributed by atoms with E-state index in [-0.39, 0.29) is 6.61 Å². The Morgan fingerprint density at radius 2 is 2.06 bits per heavy atom. The summed E-state index contributed by atoms with van der Waals surface area (Å²) in [6, 6.07) is 7.71. The third-order valence-electron chi connectivity index (χ3n) is 2.88. The first-order valence-corrected chi connectivity index (χ1v) is 6.72. The van der Waals surface area contributed by atoms with Crippen LogP contribution >= 0.6 is 22.9 Å². The molecule has 0 atom stereocenters. The van der Waals surface area contributed by atoms with Crippen molar-refractivity contribution < 1.29 is 5.11 Å². The number of hydrogen-bond donors (Lipinski definition) is 1. The van der Waals surface area contributed by atoms with E-state index in [1.807, 2.05) is 28.7 Å². The normalized spacial score (nSPS) is 11.3. The summed E-state index contributed by atoms with van der Waals surface area (Å²) in [6.45, 7) is 2.04. The third-order valence-corrected chi connectivity index (χ3v) is 4.11. The van der Waals surface area contributed by atoms with Gasteiger partial charge in [0.2, 0.25) is 0 Å². The fourth-order valence-electron chi connectivity index (χ4n) is 2.07. The number of fused-ring (bicyclic) bond motifs is 1. The molecule has 0 saturated carbocycles. The lowest BCUT2D eigenvalue weighted by atomic mass is 10.1. The van der Waals surface area contributed by atoms with Gasteiger partial charge in [-0.3, -0.25) is 4.40 Å². The van der Waals surface area contributed by atoms with Crippen LogP contribution < -0.4 is 0 Å². The molecule has 2 aromatic heterocycles. The maximum Gasteiger partial charge on any atom is 0.194 e. The van der Waals surface area contributed by atoms with Gasteiger partial charge in [-0.05, 0) is 24.6 Å². The van der Waals surface area contributed by atoms with Crippen molar-refractivity contribution in [3.05, 3.63) is 46.1 Å². The molecule has 0 spiro atoms. The van der Waals surface area contributed by atoms with E-state index in [1.54, 1.807) is 17.5 Å². The molecule has 18 heavy (non-hydrogen) atoms. The largest absolute Gasteiger partial charge is 0.390 e. The Hall–Kier alpha value is -1.36. The number of aliphatic hydroxyl groups is 1. The second-order valence-corrected chi connectivity index (χ2v) is 5.66. The van der Waals surface area contributed by atoms with Crippen LogP contribution in [0.1, 0.15) is 10.6 Å². The number of aromatic nitrogens is 2. The molecule has 1 aromatic carbocycles. The molecule has 0 aliphatic rings. The van der Waals surface area contributed by atoms with Crippen LogP contribution in [0.2, 0.25) is 5.02 Å². The number of imidazole rings is 1. The van der Waals surface area contributed by atoms with E-state index in [4.69, 9.17) is 11.6 Å². The molecule has 1 N–H and O–H groups in total. The number of halogens is 1. The van der Waals surface area contributed by atoms with Gasteiger partial charge in [-0.1, -0.05) is 23.7 Å². The summed E-state index contributed by atoms with van der Waals surface area (Å²) < 4.78 is 2.00. The lowest BCUT2D eigenvalue weighted by molar-refractivity contribution is 0.276. The highest BCUT2D eigenvalue weighted by Crippen LogP contribution is 2.32. The van der Waals surface area contributed by atoms with Crippen LogP contribution in [0.4, 0.5) is 0 Å². The number of thiazole rings is 1. The first-order chi connectivity index (χ1) is 8.70. The zero-order valence-corrected chi connectivity index (χ0v) is 11.3. The summed E-state index contributed by atoms with van der Waals surface area (Å²) in [5, 5.41) is 10.1. The molecule has 92 valence electrons. The van der Waals surface area contributed by atoms with E-state index in [2.05, 4.69) is 11.9 Å². The van der Waals surface area contributed by atoms with Crippen LogP contribution in [-0.4, -0.2) is 14.5 Å². The summed E-state index contributed by atoms with van der Waals surface area (Å²) >= 11 is 7.53. The molecule has 3 aromatic rings. The minimum absolute atomic E-state index is 0.0159. The fourth-order valence-corrected chi connectivity index (χ4v) is 3.18. The molecule has 0 radical (unpaired) electrons. The average Bonchev–Trinajstić information content (AvgIpc) is 2.88. The van der Waals surface area contributed by atoms with Gasteiger partial charge in [0.15, 0.2) is 4.96 Å². The van der Waals surface area contributed by atoms with Gasteiger partial charge < -0.3 is 5.11 Å². The van der Waals surface area contributed by atoms with E-state index in [0.717, 1.165) is 26.9 Å². The topological polar surface area (TPSA) is 37.5 Å². The van der Waals surface area contributed by atoms with Gasteiger partial charge >= 0.3 is 0 Å². The molecule has 0 aliphatic heterocycles. The van der Waals surface area contributed by atoms with Crippen molar-refractivity contribution in [1.29, 1.82) is 0 Å². The second-order valence-electron chi connectivity index (χ2n) is 4.04. The highest BCUT2D eigenvalue weighted by atomic mass is 35.5. The first kappa shape index (κ1) is 11.7. The molecule has 0 saturated heterocycles. The molecule has 0 unspecified atom stereocenters. The molecular formula is C13H11ClN2OS. The lowest BCUT2D eigenvalue weighted by Crippen LogP contribution is -1.94. The van der Waals surface area contributed by atoms with Crippen molar-refractivity contribution in [2.24, 2.45) is 0 Å². The zero-order valence-electron chi connectivity index (χ0n) is 9.72. The summed E-state index contributed by atoms with van der Waals surface area (Å²) in [4.78, 5) is 6.39. The van der Waals surface area contributed by atoms with Crippen LogP contribution in [0.3, 0.4) is 0 Å². The van der Waals surface area contributed by atoms with E-state index in [1.165, 1.54) is 4.88 Å². The minimum atomic E-state index is -0.0159. The maximum atomic E-state index is 9.37. The van der Waals surface area contributed by atoms with E-state index < -0.39 is 0 Å². The number of benzene rings is 1. The fraction of sp³-hybridized carbons (Fsp3) is 0.154. The van der Waals surface area contributed by atoms with Gasteiger partial charge in [0.1, 0.15) is 0 Å². The quantitative estimate of drug-likeness (QED) is 0.779. The van der Waals surface area contributed by atoms with Crippen LogP contribution in [0.15, 0.2) is 30.5 Å². The molecule has 0 fully saturated rings. The number of aliphatic hydroxyl groups excluding tert-OH is 1. The molecular weight excluding hydrogens is 268 g/mol. The zero-order chi connectivity index (χ0) is 12.7. The summed E-state index contributed by atoms with van der Waals surface area (Å²) in [7, 11) is 0. The summed E-state index contributed by atoms with van der Waals surface area (Å²) in [5.74, 6) is 0. The van der Waals surface area contributed by atoms with Gasteiger partial charge in [-0.15, -0.1) is 11.3 Å². The van der Waals surface area contributed by atoms with Gasteiger partial charge in [-0.2, -0.15) is 0 Å². The van der Waals surface area contributed by atoms with Gasteiger partial charge in [0.05, 0.1) is 24.2 Å². The van der Waals surface area contributed by atoms with Crippen molar-refractivity contribution in [3.8, 4) is 11.3 Å². The Labute approximate surface area is 113 Å². The summed E-state index contributed by atoms with van der Waals surface area (Å²) in [5.41, 5.74) is 2.96. The lowest BCUT2D eigenvalue weighted by Gasteiger charge is -2.04. The van der Waals surface area contributed by atoms with E-state index >= 15 is 0 Å². The maximum absolute atomic E-state index is 9.37. The molecule has 2 heterocycles. The van der Waals surface area contributed by atoms with Crippen molar-refractivity contribution in [3.63, 3.8) is 0 Å². The van der Waals surface area contributed by atoms with Gasteiger partial charge in [-0.25, -0.2) is 4.98 Å². The van der Waals surface area contributed by atoms with Crippen molar-refractivity contribution >= 4 is 27.9 Å². The number of hydrogen-bond acceptors (Lipinski definition) is 3. The monoisotopic (exact) mass is 278 g/mol. The highest BCUT2D eigenvalue weighted by molar-refractivity contribution is 7.17. The average molecular weight is 279 g/mol. The Bertz CT molecular complexity index is 700.